The first-order valence-corrected chi connectivity index (χ1v) is 5.21. The highest BCUT2D eigenvalue weighted by molar-refractivity contribution is 5.79. The maximum absolute atomic E-state index is 10.9. The summed E-state index contributed by atoms with van der Waals surface area (Å²) in [6.45, 7) is 1.80. The molecule has 0 spiro atoms. The van der Waals surface area contributed by atoms with Crippen LogP contribution in [0, 0.1) is 0 Å². The van der Waals surface area contributed by atoms with E-state index in [0.717, 1.165) is 25.7 Å². The Bertz CT molecular complexity index is 197. The normalized spacial score (nSPS) is 29.9. The summed E-state index contributed by atoms with van der Waals surface area (Å²) in [7, 11) is 1.74. The Morgan fingerprint density at radius 2 is 2.29 bits per heavy atom. The summed E-state index contributed by atoms with van der Waals surface area (Å²) >= 11 is 0. The SMILES string of the molecule is COC1CCCC(NC(C)C(N)=O)C1. The van der Waals surface area contributed by atoms with Gasteiger partial charge in [0.15, 0.2) is 0 Å². The van der Waals surface area contributed by atoms with E-state index in [4.69, 9.17) is 10.5 Å². The van der Waals surface area contributed by atoms with Crippen LogP contribution in [0.4, 0.5) is 0 Å². The molecule has 1 aliphatic carbocycles. The number of primary amides is 1. The van der Waals surface area contributed by atoms with Crippen LogP contribution in [0.25, 0.3) is 0 Å². The van der Waals surface area contributed by atoms with Gasteiger partial charge in [0, 0.05) is 13.2 Å². The lowest BCUT2D eigenvalue weighted by Gasteiger charge is -2.30. The van der Waals surface area contributed by atoms with Crippen molar-refractivity contribution in [3.05, 3.63) is 0 Å². The molecule has 0 bridgehead atoms. The lowest BCUT2D eigenvalue weighted by atomic mass is 9.92. The molecule has 0 aromatic heterocycles. The third-order valence-electron chi connectivity index (χ3n) is 2.87. The Morgan fingerprint density at radius 3 is 2.86 bits per heavy atom. The first-order chi connectivity index (χ1) is 6.63. The van der Waals surface area contributed by atoms with Gasteiger partial charge < -0.3 is 15.8 Å². The van der Waals surface area contributed by atoms with Crippen molar-refractivity contribution in [2.75, 3.05) is 7.11 Å². The van der Waals surface area contributed by atoms with Gasteiger partial charge in [0.05, 0.1) is 12.1 Å². The highest BCUT2D eigenvalue weighted by Gasteiger charge is 2.23. The third-order valence-corrected chi connectivity index (χ3v) is 2.87. The van der Waals surface area contributed by atoms with Gasteiger partial charge in [-0.15, -0.1) is 0 Å². The van der Waals surface area contributed by atoms with Crippen molar-refractivity contribution in [1.29, 1.82) is 0 Å². The quantitative estimate of drug-likeness (QED) is 0.690. The lowest BCUT2D eigenvalue weighted by Crippen LogP contribution is -2.47. The average Bonchev–Trinajstić information content (AvgIpc) is 2.18. The first-order valence-electron chi connectivity index (χ1n) is 5.21. The van der Waals surface area contributed by atoms with Crippen LogP contribution in [-0.2, 0) is 9.53 Å². The van der Waals surface area contributed by atoms with E-state index >= 15 is 0 Å². The van der Waals surface area contributed by atoms with Gasteiger partial charge in [-0.2, -0.15) is 0 Å². The number of hydrogen-bond acceptors (Lipinski definition) is 3. The van der Waals surface area contributed by atoms with E-state index in [0.29, 0.717) is 12.1 Å². The molecule has 0 aromatic rings. The minimum atomic E-state index is -0.287. The van der Waals surface area contributed by atoms with Crippen molar-refractivity contribution in [2.24, 2.45) is 5.73 Å². The Balaban J connectivity index is 2.33. The third kappa shape index (κ3) is 3.27. The van der Waals surface area contributed by atoms with Crippen LogP contribution in [-0.4, -0.2) is 31.2 Å². The van der Waals surface area contributed by atoms with Gasteiger partial charge in [-0.1, -0.05) is 0 Å². The Labute approximate surface area is 85.2 Å². The second kappa shape index (κ2) is 5.32. The number of carbonyl (C=O) groups excluding carboxylic acids is 1. The Morgan fingerprint density at radius 1 is 1.57 bits per heavy atom. The van der Waals surface area contributed by atoms with Crippen LogP contribution in [0.5, 0.6) is 0 Å². The number of amides is 1. The van der Waals surface area contributed by atoms with Gasteiger partial charge in [0.2, 0.25) is 5.91 Å². The van der Waals surface area contributed by atoms with Crippen molar-refractivity contribution < 1.29 is 9.53 Å². The topological polar surface area (TPSA) is 64.3 Å². The van der Waals surface area contributed by atoms with Gasteiger partial charge >= 0.3 is 0 Å². The number of rotatable bonds is 4. The second-order valence-electron chi connectivity index (χ2n) is 4.01. The lowest BCUT2D eigenvalue weighted by molar-refractivity contribution is -0.120. The van der Waals surface area contributed by atoms with Crippen LogP contribution in [0.3, 0.4) is 0 Å². The predicted octanol–water partition coefficient (Wildman–Crippen LogP) is 0.407. The number of nitrogens with one attached hydrogen (secondary N) is 1. The fraction of sp³-hybridized carbons (Fsp3) is 0.900. The largest absolute Gasteiger partial charge is 0.381 e. The maximum Gasteiger partial charge on any atom is 0.234 e. The molecule has 1 rings (SSSR count). The highest BCUT2D eigenvalue weighted by atomic mass is 16.5. The van der Waals surface area contributed by atoms with Crippen LogP contribution in [0.2, 0.25) is 0 Å². The smallest absolute Gasteiger partial charge is 0.234 e. The molecule has 3 N–H and O–H groups in total. The minimum absolute atomic E-state index is 0.240. The van der Waals surface area contributed by atoms with Crippen LogP contribution in [0.15, 0.2) is 0 Å². The summed E-state index contributed by atoms with van der Waals surface area (Å²) in [5.41, 5.74) is 5.19. The molecule has 3 atom stereocenters. The molecule has 0 aromatic carbocycles. The monoisotopic (exact) mass is 200 g/mol. The zero-order valence-electron chi connectivity index (χ0n) is 8.95. The van der Waals surface area contributed by atoms with E-state index in [1.807, 2.05) is 0 Å². The molecule has 1 amide bonds. The molecule has 4 heteroatoms. The molecule has 3 unspecified atom stereocenters. The first kappa shape index (κ1) is 11.5. The van der Waals surface area contributed by atoms with E-state index in [1.165, 1.54) is 0 Å². The molecular formula is C10H20N2O2. The summed E-state index contributed by atoms with van der Waals surface area (Å²) in [6.07, 6.45) is 4.70. The molecule has 1 fully saturated rings. The van der Waals surface area contributed by atoms with Gasteiger partial charge in [-0.05, 0) is 32.6 Å². The van der Waals surface area contributed by atoms with Crippen molar-refractivity contribution in [3.8, 4) is 0 Å². The number of ether oxygens (including phenoxy) is 1. The summed E-state index contributed by atoms with van der Waals surface area (Å²) < 4.78 is 5.31. The van der Waals surface area contributed by atoms with Crippen LogP contribution < -0.4 is 11.1 Å². The van der Waals surface area contributed by atoms with E-state index in [1.54, 1.807) is 14.0 Å². The van der Waals surface area contributed by atoms with Gasteiger partial charge in [-0.25, -0.2) is 0 Å². The molecule has 0 heterocycles. The fourth-order valence-electron chi connectivity index (χ4n) is 1.95. The number of carbonyl (C=O) groups is 1. The Kier molecular flexibility index (Phi) is 4.35. The number of methoxy groups -OCH3 is 1. The van der Waals surface area contributed by atoms with Crippen molar-refractivity contribution in [1.82, 2.24) is 5.32 Å². The maximum atomic E-state index is 10.9. The van der Waals surface area contributed by atoms with Crippen molar-refractivity contribution >= 4 is 5.91 Å². The molecule has 82 valence electrons. The summed E-state index contributed by atoms with van der Waals surface area (Å²) in [5.74, 6) is -0.287. The molecule has 14 heavy (non-hydrogen) atoms. The predicted molar refractivity (Wildman–Crippen MR) is 54.8 cm³/mol. The summed E-state index contributed by atoms with van der Waals surface area (Å²) in [6, 6.07) is 0.131. The van der Waals surface area contributed by atoms with Crippen LogP contribution >= 0.6 is 0 Å². The minimum Gasteiger partial charge on any atom is -0.381 e. The average molecular weight is 200 g/mol. The van der Waals surface area contributed by atoms with Gasteiger partial charge in [0.1, 0.15) is 0 Å². The van der Waals surface area contributed by atoms with Gasteiger partial charge in [0.25, 0.3) is 0 Å². The summed E-state index contributed by atoms with van der Waals surface area (Å²) in [5, 5.41) is 3.23. The zero-order valence-corrected chi connectivity index (χ0v) is 8.95. The molecule has 0 radical (unpaired) electrons. The van der Waals surface area contributed by atoms with Gasteiger partial charge in [-0.3, -0.25) is 4.79 Å². The Hall–Kier alpha value is -0.610. The molecule has 0 aliphatic heterocycles. The molecular weight excluding hydrogens is 180 g/mol. The van der Waals surface area contributed by atoms with E-state index in [-0.39, 0.29) is 11.9 Å². The van der Waals surface area contributed by atoms with Crippen molar-refractivity contribution in [3.63, 3.8) is 0 Å². The van der Waals surface area contributed by atoms with E-state index < -0.39 is 0 Å². The molecule has 4 nitrogen and oxygen atoms in total. The molecule has 0 saturated heterocycles. The van der Waals surface area contributed by atoms with Crippen LogP contribution in [0.1, 0.15) is 32.6 Å². The molecule has 1 aliphatic rings. The summed E-state index contributed by atoms with van der Waals surface area (Å²) in [4.78, 5) is 10.9. The number of hydrogen-bond donors (Lipinski definition) is 2. The van der Waals surface area contributed by atoms with Crippen molar-refractivity contribution in [2.45, 2.75) is 50.8 Å². The van der Waals surface area contributed by atoms with E-state index in [2.05, 4.69) is 5.32 Å². The molecule has 1 saturated carbocycles. The standard InChI is InChI=1S/C10H20N2O2/c1-7(10(11)13)12-8-4-3-5-9(6-8)14-2/h7-9,12H,3-6H2,1-2H3,(H2,11,13). The number of nitrogens with two attached hydrogens (primary N) is 1. The van der Waals surface area contributed by atoms with E-state index in [9.17, 15) is 4.79 Å². The fourth-order valence-corrected chi connectivity index (χ4v) is 1.95. The second-order valence-corrected chi connectivity index (χ2v) is 4.01. The zero-order chi connectivity index (χ0) is 10.6. The highest BCUT2D eigenvalue weighted by Crippen LogP contribution is 2.20.